The van der Waals surface area contributed by atoms with Crippen molar-refractivity contribution >= 4 is 51.2 Å². The average molecular weight is 561 g/mol. The largest absolute Gasteiger partial charge is 0.380 e. The Balaban J connectivity index is 1.24. The molecule has 0 atom stereocenters. The fraction of sp³-hybridized carbons (Fsp3) is 0.0750. The van der Waals surface area contributed by atoms with E-state index in [-0.39, 0.29) is 12.2 Å². The van der Waals surface area contributed by atoms with Gasteiger partial charge in [-0.05, 0) is 81.6 Å². The van der Waals surface area contributed by atoms with Crippen molar-refractivity contribution in [3.05, 3.63) is 150 Å². The van der Waals surface area contributed by atoms with Crippen LogP contribution in [0.1, 0.15) is 19.4 Å². The van der Waals surface area contributed by atoms with Crippen LogP contribution in [0.3, 0.4) is 0 Å². The van der Waals surface area contributed by atoms with E-state index in [2.05, 4.69) is 149 Å². The Bertz CT molecular complexity index is 2300. The summed E-state index contributed by atoms with van der Waals surface area (Å²) in [5.74, 6) is 0. The van der Waals surface area contributed by atoms with Crippen LogP contribution in [0.15, 0.2) is 133 Å². The SMILES string of the molecule is [C-]#[N+]c1cc(-c2ccc3c(c2)C(C)(C)B2c4ccccc4-c4ccccc4N23)cc(-n2c3ccccc3c3ccccc32)c1. The van der Waals surface area contributed by atoms with Gasteiger partial charge in [0.2, 0.25) is 0 Å². The highest BCUT2D eigenvalue weighted by molar-refractivity contribution is 6.84. The number of benzene rings is 6. The van der Waals surface area contributed by atoms with E-state index < -0.39 is 0 Å². The zero-order valence-electron chi connectivity index (χ0n) is 24.6. The molecule has 0 spiro atoms. The Morgan fingerprint density at radius 1 is 0.614 bits per heavy atom. The van der Waals surface area contributed by atoms with Crippen LogP contribution < -0.4 is 10.3 Å². The minimum absolute atomic E-state index is 0.137. The lowest BCUT2D eigenvalue weighted by molar-refractivity contribution is 0.759. The van der Waals surface area contributed by atoms with Crippen molar-refractivity contribution in [1.82, 2.24) is 4.57 Å². The van der Waals surface area contributed by atoms with Gasteiger partial charge in [0.25, 0.3) is 0 Å². The number of aromatic nitrogens is 1. The molecule has 7 aromatic rings. The van der Waals surface area contributed by atoms with E-state index in [1.807, 2.05) is 12.1 Å². The maximum Gasteiger partial charge on any atom is 0.304 e. The van der Waals surface area contributed by atoms with Gasteiger partial charge < -0.3 is 9.38 Å². The summed E-state index contributed by atoms with van der Waals surface area (Å²) < 4.78 is 2.30. The van der Waals surface area contributed by atoms with Gasteiger partial charge >= 0.3 is 6.85 Å². The molecule has 0 fully saturated rings. The van der Waals surface area contributed by atoms with Crippen LogP contribution in [-0.4, -0.2) is 11.4 Å². The third-order valence-electron chi connectivity index (χ3n) is 9.80. The number of nitrogens with zero attached hydrogens (tertiary/aromatic N) is 3. The van der Waals surface area contributed by atoms with Gasteiger partial charge in [-0.3, -0.25) is 0 Å². The van der Waals surface area contributed by atoms with E-state index in [1.54, 1.807) is 0 Å². The monoisotopic (exact) mass is 561 g/mol. The highest BCUT2D eigenvalue weighted by Gasteiger charge is 2.52. The van der Waals surface area contributed by atoms with Crippen molar-refractivity contribution in [2.45, 2.75) is 19.2 Å². The van der Waals surface area contributed by atoms with Gasteiger partial charge in [-0.25, -0.2) is 4.85 Å². The number of para-hydroxylation sites is 3. The molecule has 0 unspecified atom stereocenters. The summed E-state index contributed by atoms with van der Waals surface area (Å²) in [6.45, 7) is 12.9. The van der Waals surface area contributed by atoms with Crippen LogP contribution in [0.4, 0.5) is 17.1 Å². The molecule has 206 valence electrons. The summed E-state index contributed by atoms with van der Waals surface area (Å²) >= 11 is 0. The smallest absolute Gasteiger partial charge is 0.304 e. The summed E-state index contributed by atoms with van der Waals surface area (Å²) in [7, 11) is 0. The lowest BCUT2D eigenvalue weighted by Gasteiger charge is -2.38. The van der Waals surface area contributed by atoms with Gasteiger partial charge in [0, 0.05) is 33.4 Å². The standard InChI is InChI=1S/C40H28BN3/c1-40(2)34-24-26(20-21-39(34)44-38-19-11-7-13-31(38)30-12-4-8-16-35(30)41(40)44)27-22-28(42-3)25-29(23-27)43-36-17-9-5-14-32(36)33-15-6-10-18-37(33)43/h4-25H,1-2H3. The molecule has 0 aliphatic carbocycles. The van der Waals surface area contributed by atoms with Crippen LogP contribution in [0.2, 0.25) is 0 Å². The minimum atomic E-state index is -0.137. The van der Waals surface area contributed by atoms with E-state index in [0.717, 1.165) is 27.8 Å². The zero-order valence-corrected chi connectivity index (χ0v) is 24.6. The van der Waals surface area contributed by atoms with Gasteiger partial charge in [0.1, 0.15) is 0 Å². The maximum absolute atomic E-state index is 7.99. The molecule has 4 heteroatoms. The van der Waals surface area contributed by atoms with Crippen molar-refractivity contribution in [2.24, 2.45) is 0 Å². The van der Waals surface area contributed by atoms with Crippen LogP contribution >= 0.6 is 0 Å². The highest BCUT2D eigenvalue weighted by atomic mass is 15.1. The Kier molecular flexibility index (Phi) is 5.11. The molecule has 2 aliphatic heterocycles. The van der Waals surface area contributed by atoms with Gasteiger partial charge in [-0.1, -0.05) is 98.8 Å². The van der Waals surface area contributed by atoms with E-state index in [1.165, 1.54) is 44.3 Å². The molecule has 0 saturated heterocycles. The summed E-state index contributed by atoms with van der Waals surface area (Å²) in [4.78, 5) is 6.48. The molecule has 1 aromatic heterocycles. The predicted octanol–water partition coefficient (Wildman–Crippen LogP) is 9.85. The van der Waals surface area contributed by atoms with Crippen LogP contribution in [-0.2, 0) is 5.31 Å². The normalized spacial score (nSPS) is 14.2. The molecule has 2 aliphatic rings. The van der Waals surface area contributed by atoms with E-state index >= 15 is 0 Å². The lowest BCUT2D eigenvalue weighted by atomic mass is 9.37. The first-order valence-corrected chi connectivity index (χ1v) is 15.2. The highest BCUT2D eigenvalue weighted by Crippen LogP contribution is 2.52. The Morgan fingerprint density at radius 3 is 2.02 bits per heavy atom. The van der Waals surface area contributed by atoms with Crippen LogP contribution in [0.5, 0.6) is 0 Å². The molecule has 0 bridgehead atoms. The summed E-state index contributed by atoms with van der Waals surface area (Å²) in [6.07, 6.45) is 0. The van der Waals surface area contributed by atoms with E-state index in [9.17, 15) is 0 Å². The Morgan fingerprint density at radius 2 is 1.27 bits per heavy atom. The number of fused-ring (bicyclic) bond motifs is 11. The molecule has 0 radical (unpaired) electrons. The van der Waals surface area contributed by atoms with Crippen molar-refractivity contribution in [1.29, 1.82) is 0 Å². The van der Waals surface area contributed by atoms with E-state index in [4.69, 9.17) is 6.57 Å². The molecule has 6 aromatic carbocycles. The first-order valence-electron chi connectivity index (χ1n) is 15.2. The van der Waals surface area contributed by atoms with Crippen molar-refractivity contribution < 1.29 is 0 Å². The summed E-state index contributed by atoms with van der Waals surface area (Å²) in [6, 6.07) is 47.9. The minimum Gasteiger partial charge on any atom is -0.380 e. The topological polar surface area (TPSA) is 12.5 Å². The van der Waals surface area contributed by atoms with Gasteiger partial charge in [-0.2, -0.15) is 0 Å². The molecule has 44 heavy (non-hydrogen) atoms. The number of hydrogen-bond acceptors (Lipinski definition) is 1. The van der Waals surface area contributed by atoms with Crippen molar-refractivity contribution in [3.8, 4) is 27.9 Å². The Hall–Kier alpha value is -5.53. The quantitative estimate of drug-likeness (QED) is 0.151. The number of rotatable bonds is 2. The van der Waals surface area contributed by atoms with Gasteiger partial charge in [0.05, 0.1) is 17.6 Å². The fourth-order valence-electron chi connectivity index (χ4n) is 7.90. The number of hydrogen-bond donors (Lipinski definition) is 0. The molecule has 3 heterocycles. The molecule has 0 amide bonds. The van der Waals surface area contributed by atoms with Crippen LogP contribution in [0.25, 0.3) is 54.6 Å². The molecule has 0 saturated carbocycles. The average Bonchev–Trinajstić information content (AvgIpc) is 3.53. The fourth-order valence-corrected chi connectivity index (χ4v) is 7.90. The second kappa shape index (κ2) is 8.99. The predicted molar refractivity (Wildman–Crippen MR) is 185 cm³/mol. The first-order chi connectivity index (χ1) is 21.5. The van der Waals surface area contributed by atoms with Crippen molar-refractivity contribution in [2.75, 3.05) is 4.81 Å². The van der Waals surface area contributed by atoms with E-state index in [0.29, 0.717) is 5.69 Å². The summed E-state index contributed by atoms with van der Waals surface area (Å²) in [5, 5.41) is 2.30. The molecule has 3 nitrogen and oxygen atoms in total. The maximum atomic E-state index is 7.99. The third kappa shape index (κ3) is 3.33. The lowest BCUT2D eigenvalue weighted by Crippen LogP contribution is -2.55. The molecular weight excluding hydrogens is 533 g/mol. The Labute approximate surface area is 257 Å². The molecule has 0 N–H and O–H groups in total. The van der Waals surface area contributed by atoms with Crippen LogP contribution in [0, 0.1) is 6.57 Å². The third-order valence-corrected chi connectivity index (χ3v) is 9.80. The van der Waals surface area contributed by atoms with Crippen molar-refractivity contribution in [3.63, 3.8) is 0 Å². The summed E-state index contributed by atoms with van der Waals surface area (Å²) in [5.41, 5.74) is 14.0. The molecule has 9 rings (SSSR count). The zero-order chi connectivity index (χ0) is 29.6. The number of anilines is 2. The molecular formula is C40H28BN3. The first kappa shape index (κ1) is 25.0. The van der Waals surface area contributed by atoms with Gasteiger partial charge in [-0.15, -0.1) is 0 Å². The second-order valence-corrected chi connectivity index (χ2v) is 12.6. The second-order valence-electron chi connectivity index (χ2n) is 12.6. The van der Waals surface area contributed by atoms with Gasteiger partial charge in [0.15, 0.2) is 5.69 Å².